The molecule has 0 saturated carbocycles. The number of hydrogen-bond donors (Lipinski definition) is 1. The molecule has 0 atom stereocenters. The summed E-state index contributed by atoms with van der Waals surface area (Å²) in [5.74, 6) is 0.0906. The molecular weight excluding hydrogens is 207 g/mol. The maximum Gasteiger partial charge on any atom is 0.182 e. The summed E-state index contributed by atoms with van der Waals surface area (Å²) in [5, 5.41) is 18.4. The Morgan fingerprint density at radius 2 is 1.81 bits per heavy atom. The van der Waals surface area contributed by atoms with E-state index < -0.39 is 0 Å². The van der Waals surface area contributed by atoms with E-state index in [1.165, 1.54) is 12.1 Å². The highest BCUT2D eigenvalue weighted by molar-refractivity contribution is 5.59. The minimum Gasteiger partial charge on any atom is -0.275 e. The lowest BCUT2D eigenvalue weighted by atomic mass is 10.1. The number of rotatable bonds is 2. The molecule has 0 spiro atoms. The zero-order valence-electron chi connectivity index (χ0n) is 8.18. The fourth-order valence-electron chi connectivity index (χ4n) is 1.23. The number of anilines is 1. The lowest BCUT2D eigenvalue weighted by Gasteiger charge is -2.00. The Hall–Kier alpha value is -2.48. The molecule has 1 aromatic carbocycles. The van der Waals surface area contributed by atoms with E-state index in [-0.39, 0.29) is 5.82 Å². The van der Waals surface area contributed by atoms with Crippen LogP contribution in [0.3, 0.4) is 0 Å². The number of nitrogens with zero attached hydrogens (tertiary/aromatic N) is 3. The van der Waals surface area contributed by atoms with E-state index in [2.05, 4.69) is 15.5 Å². The van der Waals surface area contributed by atoms with Gasteiger partial charge in [0.05, 0.1) is 5.69 Å². The molecule has 2 aromatic rings. The van der Waals surface area contributed by atoms with Gasteiger partial charge in [0.1, 0.15) is 5.82 Å². The highest BCUT2D eigenvalue weighted by Crippen LogP contribution is 2.17. The van der Waals surface area contributed by atoms with Crippen molar-refractivity contribution in [1.29, 1.82) is 5.26 Å². The van der Waals surface area contributed by atoms with E-state index >= 15 is 0 Å². The van der Waals surface area contributed by atoms with Crippen molar-refractivity contribution in [3.05, 3.63) is 42.2 Å². The van der Waals surface area contributed by atoms with Gasteiger partial charge in [-0.15, -0.1) is 10.2 Å². The molecule has 0 saturated heterocycles. The van der Waals surface area contributed by atoms with E-state index in [0.717, 1.165) is 5.56 Å². The highest BCUT2D eigenvalue weighted by atomic mass is 19.1. The van der Waals surface area contributed by atoms with Crippen molar-refractivity contribution in [1.82, 2.24) is 10.2 Å². The third-order valence-corrected chi connectivity index (χ3v) is 1.99. The second-order valence-electron chi connectivity index (χ2n) is 3.05. The zero-order chi connectivity index (χ0) is 11.4. The first-order valence-electron chi connectivity index (χ1n) is 4.54. The van der Waals surface area contributed by atoms with Crippen LogP contribution in [0.25, 0.3) is 11.3 Å². The van der Waals surface area contributed by atoms with Gasteiger partial charge in [0.2, 0.25) is 0 Å². The van der Waals surface area contributed by atoms with Crippen LogP contribution >= 0.6 is 0 Å². The molecule has 0 aliphatic carbocycles. The Labute approximate surface area is 91.4 Å². The van der Waals surface area contributed by atoms with Gasteiger partial charge in [0.25, 0.3) is 0 Å². The van der Waals surface area contributed by atoms with Gasteiger partial charge in [-0.2, -0.15) is 5.26 Å². The summed E-state index contributed by atoms with van der Waals surface area (Å²) in [7, 11) is 0. The predicted octanol–water partition coefficient (Wildman–Crippen LogP) is 2.18. The SMILES string of the molecule is N#CNc1ccc(-c2ccc(F)cc2)nn1. The van der Waals surface area contributed by atoms with Gasteiger partial charge in [-0.1, -0.05) is 0 Å². The Balaban J connectivity index is 2.28. The molecule has 4 nitrogen and oxygen atoms in total. The topological polar surface area (TPSA) is 61.6 Å². The molecule has 0 amide bonds. The fraction of sp³-hybridized carbons (Fsp3) is 0. The maximum atomic E-state index is 12.7. The molecule has 0 bridgehead atoms. The minimum absolute atomic E-state index is 0.292. The summed E-state index contributed by atoms with van der Waals surface area (Å²) >= 11 is 0. The van der Waals surface area contributed by atoms with Crippen LogP contribution in [0.4, 0.5) is 10.2 Å². The van der Waals surface area contributed by atoms with E-state index in [9.17, 15) is 4.39 Å². The fourth-order valence-corrected chi connectivity index (χ4v) is 1.23. The summed E-state index contributed by atoms with van der Waals surface area (Å²) in [5.41, 5.74) is 1.40. The maximum absolute atomic E-state index is 12.7. The average molecular weight is 214 g/mol. The number of halogens is 1. The molecule has 0 aliphatic rings. The highest BCUT2D eigenvalue weighted by Gasteiger charge is 2.00. The lowest BCUT2D eigenvalue weighted by molar-refractivity contribution is 0.628. The number of aromatic nitrogens is 2. The van der Waals surface area contributed by atoms with Crippen molar-refractivity contribution in [2.75, 3.05) is 5.32 Å². The van der Waals surface area contributed by atoms with Crippen molar-refractivity contribution in [2.45, 2.75) is 0 Å². The van der Waals surface area contributed by atoms with Crippen LogP contribution < -0.4 is 5.32 Å². The molecular formula is C11H7FN4. The molecule has 0 radical (unpaired) electrons. The molecule has 16 heavy (non-hydrogen) atoms. The number of nitriles is 1. The Bertz CT molecular complexity index is 513. The molecule has 1 N–H and O–H groups in total. The van der Waals surface area contributed by atoms with Crippen LogP contribution in [0.2, 0.25) is 0 Å². The van der Waals surface area contributed by atoms with Gasteiger partial charge in [0.15, 0.2) is 12.0 Å². The smallest absolute Gasteiger partial charge is 0.182 e. The second kappa shape index (κ2) is 4.36. The molecule has 1 heterocycles. The summed E-state index contributed by atoms with van der Waals surface area (Å²) < 4.78 is 12.7. The van der Waals surface area contributed by atoms with Crippen molar-refractivity contribution < 1.29 is 4.39 Å². The van der Waals surface area contributed by atoms with Crippen molar-refractivity contribution in [3.8, 4) is 17.5 Å². The minimum atomic E-state index is -0.292. The van der Waals surface area contributed by atoms with Gasteiger partial charge < -0.3 is 0 Å². The molecule has 0 fully saturated rings. The van der Waals surface area contributed by atoms with E-state index in [1.807, 2.05) is 0 Å². The van der Waals surface area contributed by atoms with Crippen LogP contribution in [0.1, 0.15) is 0 Å². The average Bonchev–Trinajstić information content (AvgIpc) is 2.32. The first kappa shape index (κ1) is 10.1. The molecule has 1 aromatic heterocycles. The number of benzene rings is 1. The van der Waals surface area contributed by atoms with Crippen molar-refractivity contribution in [2.24, 2.45) is 0 Å². The largest absolute Gasteiger partial charge is 0.275 e. The van der Waals surface area contributed by atoms with Gasteiger partial charge in [0, 0.05) is 5.56 Å². The molecule has 2 rings (SSSR count). The van der Waals surface area contributed by atoms with E-state index in [0.29, 0.717) is 11.5 Å². The molecule has 78 valence electrons. The third kappa shape index (κ3) is 2.12. The summed E-state index contributed by atoms with van der Waals surface area (Å²) in [4.78, 5) is 0. The van der Waals surface area contributed by atoms with E-state index in [4.69, 9.17) is 5.26 Å². The zero-order valence-corrected chi connectivity index (χ0v) is 8.18. The standard InChI is InChI=1S/C11H7FN4/c12-9-3-1-8(2-4-9)10-5-6-11(14-7-13)16-15-10/h1-6H,(H,14,16). The quantitative estimate of drug-likeness (QED) is 0.614. The van der Waals surface area contributed by atoms with Crippen LogP contribution in [-0.2, 0) is 0 Å². The van der Waals surface area contributed by atoms with Crippen molar-refractivity contribution >= 4 is 5.82 Å². The molecule has 5 heteroatoms. The normalized spacial score (nSPS) is 9.50. The Morgan fingerprint density at radius 1 is 1.06 bits per heavy atom. The lowest BCUT2D eigenvalue weighted by Crippen LogP contribution is -1.94. The molecule has 0 unspecified atom stereocenters. The summed E-state index contributed by atoms with van der Waals surface area (Å²) in [6.45, 7) is 0. The van der Waals surface area contributed by atoms with E-state index in [1.54, 1.807) is 30.5 Å². The van der Waals surface area contributed by atoms with Crippen LogP contribution in [0, 0.1) is 17.3 Å². The second-order valence-corrected chi connectivity index (χ2v) is 3.05. The Kier molecular flexibility index (Phi) is 2.74. The first-order chi connectivity index (χ1) is 7.79. The van der Waals surface area contributed by atoms with Gasteiger partial charge in [-0.05, 0) is 36.4 Å². The van der Waals surface area contributed by atoms with Crippen LogP contribution in [0.15, 0.2) is 36.4 Å². The molecule has 0 aliphatic heterocycles. The number of hydrogen-bond acceptors (Lipinski definition) is 4. The third-order valence-electron chi connectivity index (χ3n) is 1.99. The van der Waals surface area contributed by atoms with Crippen LogP contribution in [-0.4, -0.2) is 10.2 Å². The van der Waals surface area contributed by atoms with Crippen molar-refractivity contribution in [3.63, 3.8) is 0 Å². The van der Waals surface area contributed by atoms with Gasteiger partial charge >= 0.3 is 0 Å². The Morgan fingerprint density at radius 3 is 2.38 bits per heavy atom. The van der Waals surface area contributed by atoms with Gasteiger partial charge in [-0.3, -0.25) is 5.32 Å². The summed E-state index contributed by atoms with van der Waals surface area (Å²) in [6, 6.07) is 9.30. The van der Waals surface area contributed by atoms with Gasteiger partial charge in [-0.25, -0.2) is 4.39 Å². The first-order valence-corrected chi connectivity index (χ1v) is 4.54. The number of nitrogens with one attached hydrogen (secondary N) is 1. The monoisotopic (exact) mass is 214 g/mol. The predicted molar refractivity (Wildman–Crippen MR) is 56.7 cm³/mol. The summed E-state index contributed by atoms with van der Waals surface area (Å²) in [6.07, 6.45) is 1.75. The van der Waals surface area contributed by atoms with Crippen LogP contribution in [0.5, 0.6) is 0 Å².